The van der Waals surface area contributed by atoms with Gasteiger partial charge in [-0.15, -0.1) is 0 Å². The predicted octanol–water partition coefficient (Wildman–Crippen LogP) is 3.99. The van der Waals surface area contributed by atoms with Crippen molar-refractivity contribution in [3.8, 4) is 28.6 Å². The van der Waals surface area contributed by atoms with Gasteiger partial charge in [-0.05, 0) is 55.8 Å². The number of nitriles is 1. The van der Waals surface area contributed by atoms with Gasteiger partial charge in [-0.1, -0.05) is 12.1 Å². The highest BCUT2D eigenvalue weighted by Gasteiger charge is 2.22. The molecule has 3 aromatic rings. The van der Waals surface area contributed by atoms with Gasteiger partial charge in [-0.25, -0.2) is 9.97 Å². The van der Waals surface area contributed by atoms with Gasteiger partial charge in [0.1, 0.15) is 0 Å². The fourth-order valence-electron chi connectivity index (χ4n) is 3.42. The molecule has 0 saturated carbocycles. The highest BCUT2D eigenvalue weighted by Crippen LogP contribution is 2.33. The molecule has 0 atom stereocenters. The number of aromatic nitrogens is 3. The smallest absolute Gasteiger partial charge is 0.159 e. The van der Waals surface area contributed by atoms with Crippen molar-refractivity contribution < 1.29 is 0 Å². The lowest BCUT2D eigenvalue weighted by molar-refractivity contribution is 0.454. The molecule has 1 aliphatic heterocycles. The minimum Gasteiger partial charge on any atom is -0.358 e. The molecule has 4 rings (SSSR count). The maximum absolute atomic E-state index is 9.22. The van der Waals surface area contributed by atoms with E-state index in [-0.39, 0.29) is 7.43 Å². The van der Waals surface area contributed by atoms with Gasteiger partial charge >= 0.3 is 0 Å². The van der Waals surface area contributed by atoms with E-state index in [0.717, 1.165) is 54.1 Å². The standard InChI is InChI=1S/C21H19N5.CH3/c22-13-15-2-1-3-18(12-15)19-14-25-21(17-6-10-24-11-7-17)26-20(19)16-4-8-23-9-5-16;/h1-3,6-7,10-12,14,16,23H,4-5,8-9H2;1H3/q;-1. The molecule has 1 saturated heterocycles. The van der Waals surface area contributed by atoms with Crippen LogP contribution < -0.4 is 5.32 Å². The monoisotopic (exact) mass is 356 g/mol. The third-order valence-corrected chi connectivity index (χ3v) is 4.79. The molecule has 1 fully saturated rings. The summed E-state index contributed by atoms with van der Waals surface area (Å²) < 4.78 is 0. The van der Waals surface area contributed by atoms with Crippen molar-refractivity contribution in [2.24, 2.45) is 0 Å². The quantitative estimate of drug-likeness (QED) is 0.718. The minimum atomic E-state index is 0. The van der Waals surface area contributed by atoms with Crippen LogP contribution in [0, 0.1) is 18.8 Å². The van der Waals surface area contributed by atoms with Crippen LogP contribution in [0.2, 0.25) is 0 Å². The summed E-state index contributed by atoms with van der Waals surface area (Å²) in [6.07, 6.45) is 7.52. The zero-order chi connectivity index (χ0) is 17.8. The highest BCUT2D eigenvalue weighted by molar-refractivity contribution is 5.69. The fourth-order valence-corrected chi connectivity index (χ4v) is 3.42. The van der Waals surface area contributed by atoms with Crippen LogP contribution in [-0.4, -0.2) is 28.0 Å². The van der Waals surface area contributed by atoms with Crippen LogP contribution in [0.3, 0.4) is 0 Å². The average molecular weight is 356 g/mol. The Morgan fingerprint density at radius 1 is 1.04 bits per heavy atom. The Hall–Kier alpha value is -3.10. The first-order valence-corrected chi connectivity index (χ1v) is 8.84. The largest absolute Gasteiger partial charge is 0.358 e. The normalized spacial score (nSPS) is 14.2. The summed E-state index contributed by atoms with van der Waals surface area (Å²) in [5.41, 5.74) is 4.71. The molecule has 3 heterocycles. The van der Waals surface area contributed by atoms with E-state index in [1.165, 1.54) is 0 Å². The Labute approximate surface area is 160 Å². The van der Waals surface area contributed by atoms with E-state index in [0.29, 0.717) is 11.5 Å². The molecule has 136 valence electrons. The number of nitrogens with one attached hydrogen (secondary N) is 1. The van der Waals surface area contributed by atoms with Crippen LogP contribution in [0.15, 0.2) is 55.0 Å². The van der Waals surface area contributed by atoms with E-state index in [9.17, 15) is 5.26 Å². The van der Waals surface area contributed by atoms with Gasteiger partial charge in [-0.2, -0.15) is 5.26 Å². The molecule has 5 nitrogen and oxygen atoms in total. The van der Waals surface area contributed by atoms with Crippen molar-refractivity contribution in [2.75, 3.05) is 13.1 Å². The Balaban J connectivity index is 0.00000210. The van der Waals surface area contributed by atoms with Gasteiger partial charge in [0.25, 0.3) is 0 Å². The lowest BCUT2D eigenvalue weighted by Crippen LogP contribution is -2.27. The second-order valence-electron chi connectivity index (χ2n) is 6.45. The van der Waals surface area contributed by atoms with Gasteiger partial charge in [0, 0.05) is 35.6 Å². The van der Waals surface area contributed by atoms with Gasteiger partial charge < -0.3 is 12.7 Å². The Bertz CT molecular complexity index is 940. The van der Waals surface area contributed by atoms with E-state index < -0.39 is 0 Å². The Morgan fingerprint density at radius 3 is 2.56 bits per heavy atom. The van der Waals surface area contributed by atoms with E-state index in [1.807, 2.05) is 42.6 Å². The van der Waals surface area contributed by atoms with E-state index >= 15 is 0 Å². The van der Waals surface area contributed by atoms with E-state index in [4.69, 9.17) is 4.98 Å². The zero-order valence-electron chi connectivity index (χ0n) is 15.4. The van der Waals surface area contributed by atoms with E-state index in [1.54, 1.807) is 12.4 Å². The molecule has 0 spiro atoms. The number of benzene rings is 1. The third-order valence-electron chi connectivity index (χ3n) is 4.79. The summed E-state index contributed by atoms with van der Waals surface area (Å²) in [6, 6.07) is 13.7. The second kappa shape index (κ2) is 8.52. The summed E-state index contributed by atoms with van der Waals surface area (Å²) in [5.74, 6) is 1.11. The Kier molecular flexibility index (Phi) is 5.90. The summed E-state index contributed by atoms with van der Waals surface area (Å²) in [5, 5.41) is 12.6. The first-order valence-electron chi connectivity index (χ1n) is 8.84. The molecule has 27 heavy (non-hydrogen) atoms. The molecule has 0 aliphatic carbocycles. The first-order chi connectivity index (χ1) is 12.8. The summed E-state index contributed by atoms with van der Waals surface area (Å²) in [6.45, 7) is 1.99. The maximum atomic E-state index is 9.22. The molecule has 1 aliphatic rings. The van der Waals surface area contributed by atoms with E-state index in [2.05, 4.69) is 21.4 Å². The summed E-state index contributed by atoms with van der Waals surface area (Å²) in [4.78, 5) is 13.6. The average Bonchev–Trinajstić information content (AvgIpc) is 2.74. The molecule has 0 radical (unpaired) electrons. The van der Waals surface area contributed by atoms with Crippen molar-refractivity contribution in [1.82, 2.24) is 20.3 Å². The van der Waals surface area contributed by atoms with Crippen LogP contribution in [-0.2, 0) is 0 Å². The van der Waals surface area contributed by atoms with Gasteiger partial charge in [0.2, 0.25) is 0 Å². The number of nitrogens with zero attached hydrogens (tertiary/aromatic N) is 4. The SMILES string of the molecule is N#Cc1cccc(-c2cnc(-c3ccncc3)nc2C2CCNCC2)c1.[CH3-]. The molecule has 0 amide bonds. The van der Waals surface area contributed by atoms with Crippen molar-refractivity contribution in [3.63, 3.8) is 0 Å². The van der Waals surface area contributed by atoms with Crippen LogP contribution in [0.5, 0.6) is 0 Å². The predicted molar refractivity (Wildman–Crippen MR) is 107 cm³/mol. The first kappa shape index (κ1) is 18.7. The number of hydrogen-bond acceptors (Lipinski definition) is 5. The molecule has 0 unspecified atom stereocenters. The van der Waals surface area contributed by atoms with Crippen LogP contribution >= 0.6 is 0 Å². The molecule has 5 heteroatoms. The second-order valence-corrected chi connectivity index (χ2v) is 6.45. The lowest BCUT2D eigenvalue weighted by atomic mass is 9.89. The van der Waals surface area contributed by atoms with Crippen molar-refractivity contribution in [1.29, 1.82) is 5.26 Å². The number of hydrogen-bond donors (Lipinski definition) is 1. The Morgan fingerprint density at radius 2 is 1.81 bits per heavy atom. The number of pyridine rings is 1. The molecular formula is C22H22N5-. The number of rotatable bonds is 3. The third kappa shape index (κ3) is 4.02. The zero-order valence-corrected chi connectivity index (χ0v) is 15.4. The van der Waals surface area contributed by atoms with Gasteiger partial charge in [0.15, 0.2) is 5.82 Å². The van der Waals surface area contributed by atoms with Crippen LogP contribution in [0.1, 0.15) is 30.0 Å². The molecule has 0 bridgehead atoms. The van der Waals surface area contributed by atoms with Crippen LogP contribution in [0.4, 0.5) is 0 Å². The fraction of sp³-hybridized carbons (Fsp3) is 0.227. The molecule has 1 aromatic carbocycles. The molecular weight excluding hydrogens is 334 g/mol. The number of piperidine rings is 1. The minimum absolute atomic E-state index is 0. The van der Waals surface area contributed by atoms with Crippen molar-refractivity contribution in [2.45, 2.75) is 18.8 Å². The topological polar surface area (TPSA) is 74.5 Å². The molecule has 2 aromatic heterocycles. The van der Waals surface area contributed by atoms with Crippen molar-refractivity contribution in [3.05, 3.63) is 73.7 Å². The summed E-state index contributed by atoms with van der Waals surface area (Å²) in [7, 11) is 0. The van der Waals surface area contributed by atoms with Gasteiger partial charge in [-0.3, -0.25) is 4.98 Å². The van der Waals surface area contributed by atoms with Crippen molar-refractivity contribution >= 4 is 0 Å². The maximum Gasteiger partial charge on any atom is 0.159 e. The molecule has 1 N–H and O–H groups in total. The summed E-state index contributed by atoms with van der Waals surface area (Å²) >= 11 is 0. The van der Waals surface area contributed by atoms with Gasteiger partial charge in [0.05, 0.1) is 17.3 Å². The van der Waals surface area contributed by atoms with Crippen LogP contribution in [0.25, 0.3) is 22.5 Å². The lowest BCUT2D eigenvalue weighted by Gasteiger charge is -2.24. The highest BCUT2D eigenvalue weighted by atomic mass is 14.9.